The molecule has 1 N–H and O–H groups in total. The molecular formula is C16H23ClN2O. The zero-order chi connectivity index (χ0) is 14.3. The Morgan fingerprint density at radius 2 is 2.25 bits per heavy atom. The van der Waals surface area contributed by atoms with Crippen molar-refractivity contribution >= 4 is 11.6 Å². The van der Waals surface area contributed by atoms with Gasteiger partial charge in [0.05, 0.1) is 17.7 Å². The summed E-state index contributed by atoms with van der Waals surface area (Å²) in [5, 5.41) is 4.20. The summed E-state index contributed by atoms with van der Waals surface area (Å²) in [7, 11) is 0. The fourth-order valence-corrected chi connectivity index (χ4v) is 3.61. The molecule has 0 amide bonds. The average molecular weight is 295 g/mol. The molecule has 3 rings (SSSR count). The molecule has 0 bridgehead atoms. The SMILES string of the molecule is CC1C=CC(Cl)=C2NC=C(C3CN(C(C)C)CCO3)C21. The van der Waals surface area contributed by atoms with Crippen molar-refractivity contribution in [2.24, 2.45) is 11.8 Å². The smallest absolute Gasteiger partial charge is 0.0936 e. The standard InChI is InChI=1S/C16H23ClN2O/c1-10(2)19-6-7-20-14(9-19)12-8-18-16-13(17)5-4-11(3)15(12)16/h4-5,8,10-11,14-15,18H,6-7,9H2,1-3H3. The summed E-state index contributed by atoms with van der Waals surface area (Å²) < 4.78 is 6.04. The van der Waals surface area contributed by atoms with Gasteiger partial charge in [-0.2, -0.15) is 0 Å². The Balaban J connectivity index is 1.80. The van der Waals surface area contributed by atoms with Crippen molar-refractivity contribution in [1.29, 1.82) is 0 Å². The lowest BCUT2D eigenvalue weighted by atomic mass is 9.81. The number of nitrogens with zero attached hydrogens (tertiary/aromatic N) is 1. The first-order valence-corrected chi connectivity index (χ1v) is 7.85. The molecule has 3 unspecified atom stereocenters. The van der Waals surface area contributed by atoms with E-state index in [2.05, 4.69) is 43.3 Å². The van der Waals surface area contributed by atoms with Crippen LogP contribution in [0.4, 0.5) is 0 Å². The van der Waals surface area contributed by atoms with Crippen molar-refractivity contribution in [3.05, 3.63) is 34.7 Å². The molecule has 0 radical (unpaired) electrons. The van der Waals surface area contributed by atoms with Crippen LogP contribution in [0.3, 0.4) is 0 Å². The van der Waals surface area contributed by atoms with Gasteiger partial charge in [-0.25, -0.2) is 0 Å². The van der Waals surface area contributed by atoms with Gasteiger partial charge < -0.3 is 10.1 Å². The summed E-state index contributed by atoms with van der Waals surface area (Å²) in [6, 6.07) is 0.568. The summed E-state index contributed by atoms with van der Waals surface area (Å²) in [5.74, 6) is 0.816. The second kappa shape index (κ2) is 5.55. The van der Waals surface area contributed by atoms with Crippen molar-refractivity contribution in [2.75, 3.05) is 19.7 Å². The number of ether oxygens (including phenoxy) is 1. The minimum Gasteiger partial charge on any atom is -0.371 e. The van der Waals surface area contributed by atoms with Gasteiger partial charge in [0.1, 0.15) is 0 Å². The maximum Gasteiger partial charge on any atom is 0.0936 e. The van der Waals surface area contributed by atoms with Crippen LogP contribution < -0.4 is 5.32 Å². The Labute approximate surface area is 126 Å². The van der Waals surface area contributed by atoms with Gasteiger partial charge >= 0.3 is 0 Å². The Kier molecular flexibility index (Phi) is 3.93. The van der Waals surface area contributed by atoms with Crippen LogP contribution in [0.25, 0.3) is 0 Å². The molecule has 0 aromatic carbocycles. The first-order chi connectivity index (χ1) is 9.58. The molecule has 0 aromatic heterocycles. The van der Waals surface area contributed by atoms with Crippen molar-refractivity contribution in [3.8, 4) is 0 Å². The van der Waals surface area contributed by atoms with Crippen LogP contribution in [0.1, 0.15) is 20.8 Å². The molecule has 3 atom stereocenters. The van der Waals surface area contributed by atoms with E-state index in [1.54, 1.807) is 0 Å². The largest absolute Gasteiger partial charge is 0.371 e. The predicted molar refractivity (Wildman–Crippen MR) is 82.3 cm³/mol. The number of rotatable bonds is 2. The van der Waals surface area contributed by atoms with E-state index in [-0.39, 0.29) is 6.10 Å². The van der Waals surface area contributed by atoms with Gasteiger partial charge in [0.15, 0.2) is 0 Å². The highest BCUT2D eigenvalue weighted by Crippen LogP contribution is 2.41. The molecule has 0 aromatic rings. The highest BCUT2D eigenvalue weighted by Gasteiger charge is 2.38. The van der Waals surface area contributed by atoms with Crippen molar-refractivity contribution in [1.82, 2.24) is 10.2 Å². The van der Waals surface area contributed by atoms with Crippen molar-refractivity contribution in [3.63, 3.8) is 0 Å². The number of halogens is 1. The van der Waals surface area contributed by atoms with Crippen LogP contribution in [-0.4, -0.2) is 36.7 Å². The molecular weight excluding hydrogens is 272 g/mol. The monoisotopic (exact) mass is 294 g/mol. The third-order valence-electron chi connectivity index (χ3n) is 4.59. The Morgan fingerprint density at radius 3 is 3.00 bits per heavy atom. The third-order valence-corrected chi connectivity index (χ3v) is 4.92. The number of nitrogens with one attached hydrogen (secondary N) is 1. The Bertz CT molecular complexity index is 481. The molecule has 2 heterocycles. The minimum atomic E-state index is 0.180. The molecule has 1 aliphatic carbocycles. The number of allylic oxidation sites excluding steroid dienone is 4. The van der Waals surface area contributed by atoms with Crippen LogP contribution >= 0.6 is 11.6 Å². The highest BCUT2D eigenvalue weighted by molar-refractivity contribution is 6.31. The lowest BCUT2D eigenvalue weighted by Gasteiger charge is -2.38. The van der Waals surface area contributed by atoms with Gasteiger partial charge in [-0.15, -0.1) is 0 Å². The molecule has 2 aliphatic heterocycles. The van der Waals surface area contributed by atoms with E-state index in [1.165, 1.54) is 5.57 Å². The van der Waals surface area contributed by atoms with Gasteiger partial charge in [-0.3, -0.25) is 4.90 Å². The summed E-state index contributed by atoms with van der Waals surface area (Å²) >= 11 is 6.31. The van der Waals surface area contributed by atoms with Gasteiger partial charge in [0, 0.05) is 36.9 Å². The number of hydrogen-bond acceptors (Lipinski definition) is 3. The fraction of sp³-hybridized carbons (Fsp3) is 0.625. The van der Waals surface area contributed by atoms with E-state index < -0.39 is 0 Å². The maximum absolute atomic E-state index is 6.31. The first-order valence-electron chi connectivity index (χ1n) is 7.48. The topological polar surface area (TPSA) is 24.5 Å². The van der Waals surface area contributed by atoms with Crippen LogP contribution in [-0.2, 0) is 4.74 Å². The minimum absolute atomic E-state index is 0.180. The second-order valence-electron chi connectivity index (χ2n) is 6.19. The highest BCUT2D eigenvalue weighted by atomic mass is 35.5. The van der Waals surface area contributed by atoms with Gasteiger partial charge in [0.2, 0.25) is 0 Å². The first kappa shape index (κ1) is 14.2. The molecule has 0 saturated carbocycles. The summed E-state index contributed by atoms with van der Waals surface area (Å²) in [6.07, 6.45) is 6.49. The average Bonchev–Trinajstić information content (AvgIpc) is 2.89. The van der Waals surface area contributed by atoms with E-state index in [9.17, 15) is 0 Å². The van der Waals surface area contributed by atoms with Crippen LogP contribution in [0.15, 0.2) is 34.7 Å². The molecule has 1 saturated heterocycles. The molecule has 3 aliphatic rings. The van der Waals surface area contributed by atoms with E-state index >= 15 is 0 Å². The molecule has 1 fully saturated rings. The van der Waals surface area contributed by atoms with Crippen molar-refractivity contribution in [2.45, 2.75) is 32.9 Å². The van der Waals surface area contributed by atoms with E-state index in [4.69, 9.17) is 16.3 Å². The fourth-order valence-electron chi connectivity index (χ4n) is 3.36. The zero-order valence-corrected chi connectivity index (χ0v) is 13.2. The van der Waals surface area contributed by atoms with Crippen LogP contribution in [0.5, 0.6) is 0 Å². The van der Waals surface area contributed by atoms with E-state index in [1.807, 2.05) is 6.08 Å². The third kappa shape index (κ3) is 2.43. The Hall–Kier alpha value is -0.770. The quantitative estimate of drug-likeness (QED) is 0.847. The zero-order valence-electron chi connectivity index (χ0n) is 12.4. The summed E-state index contributed by atoms with van der Waals surface area (Å²) in [6.45, 7) is 9.55. The van der Waals surface area contributed by atoms with Crippen LogP contribution in [0, 0.1) is 11.8 Å². The van der Waals surface area contributed by atoms with Crippen LogP contribution in [0.2, 0.25) is 0 Å². The van der Waals surface area contributed by atoms with E-state index in [0.29, 0.717) is 17.9 Å². The lowest BCUT2D eigenvalue weighted by molar-refractivity contribution is -0.0240. The Morgan fingerprint density at radius 1 is 1.45 bits per heavy atom. The number of hydrogen-bond donors (Lipinski definition) is 1. The van der Waals surface area contributed by atoms with Gasteiger partial charge in [-0.05, 0) is 31.4 Å². The normalized spacial score (nSPS) is 34.2. The van der Waals surface area contributed by atoms with E-state index in [0.717, 1.165) is 30.4 Å². The second-order valence-corrected chi connectivity index (χ2v) is 6.60. The predicted octanol–water partition coefficient (Wildman–Crippen LogP) is 2.86. The molecule has 110 valence electrons. The molecule has 4 heteroatoms. The number of fused-ring (bicyclic) bond motifs is 1. The summed E-state index contributed by atoms with van der Waals surface area (Å²) in [4.78, 5) is 2.49. The van der Waals surface area contributed by atoms with Gasteiger partial charge in [0.25, 0.3) is 0 Å². The maximum atomic E-state index is 6.31. The molecule has 0 spiro atoms. The van der Waals surface area contributed by atoms with Crippen molar-refractivity contribution < 1.29 is 4.74 Å². The summed E-state index contributed by atoms with van der Waals surface area (Å²) in [5.41, 5.74) is 2.49. The number of morpholine rings is 1. The van der Waals surface area contributed by atoms with Gasteiger partial charge in [-0.1, -0.05) is 24.6 Å². The molecule has 20 heavy (non-hydrogen) atoms. The molecule has 3 nitrogen and oxygen atoms in total. The lowest BCUT2D eigenvalue weighted by Crippen LogP contribution is -2.47.